The normalized spacial score (nSPS) is 33.1. The number of benzene rings is 4. The number of hydrogen-bond donors (Lipinski definition) is 2. The van der Waals surface area contributed by atoms with E-state index in [1.807, 2.05) is 0 Å². The molecule has 4 aromatic carbocycles. The molecule has 3 saturated heterocycles. The number of hydrogen-bond acceptors (Lipinski definition) is 1. The fraction of sp³-hybridized carbons (Fsp3) is 0.219. The van der Waals surface area contributed by atoms with Crippen LogP contribution in [-0.4, -0.2) is 12.5 Å². The molecule has 0 saturated carbocycles. The maximum atomic E-state index is 14.7. The van der Waals surface area contributed by atoms with Gasteiger partial charge in [-0.1, -0.05) is 121 Å². The molecule has 3 fully saturated rings. The van der Waals surface area contributed by atoms with Crippen LogP contribution in [0.4, 0.5) is 0 Å². The zero-order chi connectivity index (χ0) is 23.4. The van der Waals surface area contributed by atoms with Gasteiger partial charge in [-0.15, -0.1) is 0 Å². The quantitative estimate of drug-likeness (QED) is 0.481. The summed E-state index contributed by atoms with van der Waals surface area (Å²) in [6.45, 7) is 0.999. The number of Topliss-reactive ketones (excluding diaryl/α,β-unsaturated/α-hetero) is 1. The van der Waals surface area contributed by atoms with E-state index < -0.39 is 0 Å². The summed E-state index contributed by atoms with van der Waals surface area (Å²) in [6, 6.07) is 43.8. The summed E-state index contributed by atoms with van der Waals surface area (Å²) in [5.74, 6) is 0.445. The van der Waals surface area contributed by atoms with E-state index in [1.165, 1.54) is 32.1 Å². The van der Waals surface area contributed by atoms with Crippen molar-refractivity contribution in [3.05, 3.63) is 144 Å². The van der Waals surface area contributed by atoms with Gasteiger partial charge >= 0.3 is 0 Å². The van der Waals surface area contributed by atoms with Gasteiger partial charge in [0, 0.05) is 22.3 Å². The summed E-state index contributed by atoms with van der Waals surface area (Å²) >= 11 is 0. The maximum absolute atomic E-state index is 14.7. The van der Waals surface area contributed by atoms with Crippen LogP contribution in [0.2, 0.25) is 0 Å². The minimum atomic E-state index is -0.000857. The number of carbonyl (C=O) groups is 1. The predicted octanol–water partition coefficient (Wildman–Crippen LogP) is 3.52. The lowest BCUT2D eigenvalue weighted by Gasteiger charge is -2.61. The van der Waals surface area contributed by atoms with Crippen molar-refractivity contribution in [2.75, 3.05) is 6.67 Å². The summed E-state index contributed by atoms with van der Waals surface area (Å²) in [7, 11) is 0. The summed E-state index contributed by atoms with van der Waals surface area (Å²) in [6.07, 6.45) is 0. The van der Waals surface area contributed by atoms with E-state index in [9.17, 15) is 4.79 Å². The SMILES string of the molecule is O=C1C2[C@@H](c3ccccc3)[NH+](C[NH+]3[C@@H](c4ccccc4)C1[C@@H]3c1ccccc1)[C@H]2c1ccccc1. The van der Waals surface area contributed by atoms with Gasteiger partial charge in [-0.05, 0) is 0 Å². The first-order chi connectivity index (χ1) is 17.3. The second-order valence-corrected chi connectivity index (χ2v) is 10.3. The Bertz CT molecular complexity index is 1130. The summed E-state index contributed by atoms with van der Waals surface area (Å²) in [5, 5.41) is 0. The van der Waals surface area contributed by atoms with Crippen molar-refractivity contribution in [2.24, 2.45) is 11.8 Å². The van der Waals surface area contributed by atoms with Crippen LogP contribution in [0.1, 0.15) is 46.4 Å². The van der Waals surface area contributed by atoms with E-state index in [2.05, 4.69) is 121 Å². The number of quaternary nitrogens is 2. The van der Waals surface area contributed by atoms with Gasteiger partial charge < -0.3 is 0 Å². The van der Waals surface area contributed by atoms with Gasteiger partial charge in [0.05, 0.1) is 0 Å². The molecular formula is C32H30N2O+2. The van der Waals surface area contributed by atoms with Crippen molar-refractivity contribution < 1.29 is 14.6 Å². The molecule has 0 aliphatic carbocycles. The molecule has 172 valence electrons. The van der Waals surface area contributed by atoms with E-state index in [0.29, 0.717) is 5.78 Å². The molecule has 4 aromatic rings. The van der Waals surface area contributed by atoms with E-state index in [0.717, 1.165) is 6.67 Å². The molecular weight excluding hydrogens is 428 g/mol. The summed E-state index contributed by atoms with van der Waals surface area (Å²) in [5.41, 5.74) is 5.18. The average Bonchev–Trinajstić information content (AvgIpc) is 2.88. The van der Waals surface area contributed by atoms with Gasteiger partial charge in [-0.25, -0.2) is 0 Å². The number of carbonyl (C=O) groups excluding carboxylic acids is 1. The maximum Gasteiger partial charge on any atom is 0.206 e. The standard InChI is InChI=1S/C32H28N2O/c35-32-26-28(22-13-5-1-6-14-22)33(29(26)23-15-7-2-8-16-23)21-34-30(24-17-9-3-10-18-24)27(32)31(34)25-19-11-4-12-20-25/h1-20,26-31H,21H2/p+2/t26?,28-,29+,30-,31-/m0/s1. The van der Waals surface area contributed by atoms with Crippen molar-refractivity contribution in [1.29, 1.82) is 0 Å². The summed E-state index contributed by atoms with van der Waals surface area (Å²) < 4.78 is 0. The Morgan fingerprint density at radius 3 is 0.943 bits per heavy atom. The Labute approximate surface area is 206 Å². The van der Waals surface area contributed by atoms with Gasteiger partial charge in [0.2, 0.25) is 6.67 Å². The largest absolute Gasteiger partial charge is 0.298 e. The van der Waals surface area contributed by atoms with Gasteiger partial charge in [0.15, 0.2) is 5.78 Å². The molecule has 3 nitrogen and oxygen atoms in total. The second-order valence-electron chi connectivity index (χ2n) is 10.3. The van der Waals surface area contributed by atoms with Crippen LogP contribution in [0.5, 0.6) is 0 Å². The lowest BCUT2D eigenvalue weighted by Crippen LogP contribution is -3.39. The van der Waals surface area contributed by atoms with Crippen LogP contribution in [0, 0.1) is 11.8 Å². The lowest BCUT2D eigenvalue weighted by atomic mass is 9.60. The molecule has 35 heavy (non-hydrogen) atoms. The molecule has 7 rings (SSSR count). The Balaban J connectivity index is 1.36. The molecule has 3 aliphatic rings. The van der Waals surface area contributed by atoms with Crippen LogP contribution in [0.3, 0.4) is 0 Å². The third-order valence-electron chi connectivity index (χ3n) is 8.73. The second kappa shape index (κ2) is 8.30. The van der Waals surface area contributed by atoms with Gasteiger partial charge in [0.25, 0.3) is 0 Å². The van der Waals surface area contributed by atoms with Crippen molar-refractivity contribution in [2.45, 2.75) is 24.2 Å². The van der Waals surface area contributed by atoms with E-state index in [4.69, 9.17) is 0 Å². The molecule has 0 aromatic heterocycles. The monoisotopic (exact) mass is 458 g/mol. The van der Waals surface area contributed by atoms with Crippen LogP contribution in [-0.2, 0) is 4.79 Å². The van der Waals surface area contributed by atoms with Gasteiger partial charge in [-0.3, -0.25) is 14.6 Å². The number of fused-ring (bicyclic) bond motifs is 4. The highest BCUT2D eigenvalue weighted by atomic mass is 16.1. The highest BCUT2D eigenvalue weighted by Gasteiger charge is 2.71. The minimum absolute atomic E-state index is 0.000857. The van der Waals surface area contributed by atoms with E-state index >= 15 is 0 Å². The third kappa shape index (κ3) is 3.16. The molecule has 2 N–H and O–H groups in total. The van der Waals surface area contributed by atoms with Crippen LogP contribution in [0.15, 0.2) is 121 Å². The van der Waals surface area contributed by atoms with Gasteiger partial charge in [-0.2, -0.15) is 0 Å². The fourth-order valence-electron chi connectivity index (χ4n) is 7.34. The van der Waals surface area contributed by atoms with Crippen molar-refractivity contribution in [3.8, 4) is 0 Å². The molecule has 6 atom stereocenters. The van der Waals surface area contributed by atoms with Crippen molar-refractivity contribution >= 4 is 5.78 Å². The van der Waals surface area contributed by atoms with Gasteiger partial charge in [0.1, 0.15) is 36.0 Å². The van der Waals surface area contributed by atoms with E-state index in [1.54, 1.807) is 0 Å². The predicted molar refractivity (Wildman–Crippen MR) is 136 cm³/mol. The molecule has 4 bridgehead atoms. The zero-order valence-corrected chi connectivity index (χ0v) is 19.6. The van der Waals surface area contributed by atoms with Crippen LogP contribution >= 0.6 is 0 Å². The molecule has 0 spiro atoms. The lowest BCUT2D eigenvalue weighted by molar-refractivity contribution is -1.19. The molecule has 0 radical (unpaired) electrons. The first-order valence-electron chi connectivity index (χ1n) is 12.8. The first-order valence-corrected chi connectivity index (χ1v) is 12.8. The molecule has 3 heterocycles. The topological polar surface area (TPSA) is 26.0 Å². The highest BCUT2D eigenvalue weighted by molar-refractivity contribution is 5.87. The highest BCUT2D eigenvalue weighted by Crippen LogP contribution is 2.48. The molecule has 0 amide bonds. The Hall–Kier alpha value is -3.53. The molecule has 2 unspecified atom stereocenters. The fourth-order valence-corrected chi connectivity index (χ4v) is 7.34. The summed E-state index contributed by atoms with van der Waals surface area (Å²) in [4.78, 5) is 17.7. The number of ketones is 1. The van der Waals surface area contributed by atoms with Crippen LogP contribution < -0.4 is 9.80 Å². The minimum Gasteiger partial charge on any atom is -0.298 e. The van der Waals surface area contributed by atoms with Crippen molar-refractivity contribution in [1.82, 2.24) is 0 Å². The first kappa shape index (κ1) is 20.8. The molecule has 3 heteroatoms. The zero-order valence-electron chi connectivity index (χ0n) is 19.6. The smallest absolute Gasteiger partial charge is 0.206 e. The Kier molecular flexibility index (Phi) is 4.93. The average molecular weight is 459 g/mol. The van der Waals surface area contributed by atoms with Crippen molar-refractivity contribution in [3.63, 3.8) is 0 Å². The number of nitrogens with one attached hydrogen (secondary N) is 2. The van der Waals surface area contributed by atoms with E-state index in [-0.39, 0.29) is 36.0 Å². The number of rotatable bonds is 4. The third-order valence-corrected chi connectivity index (χ3v) is 8.73. The Morgan fingerprint density at radius 2 is 0.686 bits per heavy atom. The molecule has 3 aliphatic heterocycles. The van der Waals surface area contributed by atoms with Crippen LogP contribution in [0.25, 0.3) is 0 Å². The Morgan fingerprint density at radius 1 is 0.429 bits per heavy atom.